The van der Waals surface area contributed by atoms with Crippen LogP contribution in [0.1, 0.15) is 23.1 Å². The summed E-state index contributed by atoms with van der Waals surface area (Å²) in [6.45, 7) is 0. The molecule has 20 heavy (non-hydrogen) atoms. The Labute approximate surface area is 112 Å². The van der Waals surface area contributed by atoms with Crippen LogP contribution in [0.25, 0.3) is 10.9 Å². The number of rotatable bonds is 3. The van der Waals surface area contributed by atoms with Gasteiger partial charge in [-0.1, -0.05) is 0 Å². The van der Waals surface area contributed by atoms with Gasteiger partial charge in [0.25, 0.3) is 5.91 Å². The highest BCUT2D eigenvalue weighted by Gasteiger charge is 2.39. The van der Waals surface area contributed by atoms with Crippen LogP contribution in [-0.4, -0.2) is 33.7 Å². The van der Waals surface area contributed by atoms with Crippen LogP contribution in [0.2, 0.25) is 0 Å². The molecular weight excluding hydrogens is 267 g/mol. The molecule has 1 aromatic carbocycles. The number of hydrogen-bond acceptors (Lipinski definition) is 3. The highest BCUT2D eigenvalue weighted by Crippen LogP contribution is 2.35. The lowest BCUT2D eigenvalue weighted by atomic mass is 10.2. The molecule has 104 valence electrons. The fourth-order valence-electron chi connectivity index (χ4n) is 2.58. The van der Waals surface area contributed by atoms with Crippen molar-refractivity contribution in [1.29, 1.82) is 0 Å². The van der Waals surface area contributed by atoms with Gasteiger partial charge in [-0.3, -0.25) is 14.4 Å². The molecule has 0 bridgehead atoms. The maximum Gasteiger partial charge on any atom is 0.307 e. The van der Waals surface area contributed by atoms with E-state index in [4.69, 9.17) is 9.94 Å². The third-order valence-electron chi connectivity index (χ3n) is 3.34. The molecule has 1 atom stereocenters. The zero-order valence-electron chi connectivity index (χ0n) is 10.5. The molecule has 0 fully saturated rings. The summed E-state index contributed by atoms with van der Waals surface area (Å²) in [5, 5.41) is 10.6. The van der Waals surface area contributed by atoms with Gasteiger partial charge < -0.3 is 9.67 Å². The molecule has 1 unspecified atom stereocenters. The molecule has 2 aromatic rings. The average molecular weight is 278 g/mol. The Hall–Kier alpha value is -2.41. The minimum atomic E-state index is -1.05. The number of aromatic nitrogens is 1. The van der Waals surface area contributed by atoms with E-state index in [1.807, 2.05) is 0 Å². The molecule has 7 heteroatoms. The van der Waals surface area contributed by atoms with E-state index in [1.165, 1.54) is 31.4 Å². The number of aliphatic carboxylic acids is 1. The summed E-state index contributed by atoms with van der Waals surface area (Å²) in [4.78, 5) is 28.1. The summed E-state index contributed by atoms with van der Waals surface area (Å²) < 4.78 is 14.8. The van der Waals surface area contributed by atoms with E-state index in [1.54, 1.807) is 4.57 Å². The first-order valence-electron chi connectivity index (χ1n) is 5.93. The lowest BCUT2D eigenvalue weighted by Gasteiger charge is -2.22. The summed E-state index contributed by atoms with van der Waals surface area (Å²) in [5.41, 5.74) is 0.888. The molecule has 1 N–H and O–H groups in total. The Morgan fingerprint density at radius 1 is 1.45 bits per heavy atom. The van der Waals surface area contributed by atoms with Crippen molar-refractivity contribution >= 4 is 22.8 Å². The number of fused-ring (bicyclic) bond motifs is 3. The zero-order valence-corrected chi connectivity index (χ0v) is 10.5. The van der Waals surface area contributed by atoms with Crippen LogP contribution < -0.4 is 0 Å². The summed E-state index contributed by atoms with van der Waals surface area (Å²) in [6.07, 6.45) is -1.07. The Bertz CT molecular complexity index is 724. The van der Waals surface area contributed by atoms with Gasteiger partial charge in [-0.05, 0) is 24.3 Å². The molecule has 0 spiro atoms. The minimum absolute atomic E-state index is 0.290. The first-order chi connectivity index (χ1) is 9.52. The van der Waals surface area contributed by atoms with E-state index in [9.17, 15) is 14.0 Å². The van der Waals surface area contributed by atoms with Gasteiger partial charge >= 0.3 is 5.97 Å². The average Bonchev–Trinajstić information content (AvgIpc) is 2.85. The van der Waals surface area contributed by atoms with Crippen molar-refractivity contribution in [3.05, 3.63) is 35.8 Å². The van der Waals surface area contributed by atoms with Crippen LogP contribution in [0.3, 0.4) is 0 Å². The topological polar surface area (TPSA) is 71.8 Å². The van der Waals surface area contributed by atoms with E-state index in [0.717, 1.165) is 5.06 Å². The zero-order chi connectivity index (χ0) is 14.4. The maximum atomic E-state index is 13.2. The van der Waals surface area contributed by atoms with Gasteiger partial charge in [0.1, 0.15) is 17.7 Å². The Kier molecular flexibility index (Phi) is 2.72. The molecule has 1 amide bonds. The molecule has 0 aliphatic carbocycles. The second kappa shape index (κ2) is 4.31. The van der Waals surface area contributed by atoms with Gasteiger partial charge in [0.05, 0.1) is 19.0 Å². The number of benzene rings is 1. The van der Waals surface area contributed by atoms with Crippen LogP contribution >= 0.6 is 0 Å². The standard InChI is InChI=1S/C13H11FN2O4/c1-20-16-11(6-12(17)18)15-9-3-2-8(14)4-7(9)5-10(15)13(16)19/h2-5,11H,6H2,1H3,(H,17,18). The van der Waals surface area contributed by atoms with Crippen LogP contribution in [0.5, 0.6) is 0 Å². The number of halogens is 1. The SMILES string of the molecule is CON1C(=O)c2cc3cc(F)ccc3n2C1CC(=O)O. The highest BCUT2D eigenvalue weighted by atomic mass is 19.1. The van der Waals surface area contributed by atoms with E-state index in [0.29, 0.717) is 16.6 Å². The molecular formula is C13H11FN2O4. The van der Waals surface area contributed by atoms with Gasteiger partial charge in [-0.25, -0.2) is 4.39 Å². The van der Waals surface area contributed by atoms with E-state index in [-0.39, 0.29) is 6.42 Å². The van der Waals surface area contributed by atoms with Crippen molar-refractivity contribution in [3.63, 3.8) is 0 Å². The number of carbonyl (C=O) groups excluding carboxylic acids is 1. The van der Waals surface area contributed by atoms with Crippen molar-refractivity contribution in [3.8, 4) is 0 Å². The van der Waals surface area contributed by atoms with Crippen LogP contribution in [0.4, 0.5) is 4.39 Å². The molecule has 3 rings (SSSR count). The second-order valence-corrected chi connectivity index (χ2v) is 4.49. The van der Waals surface area contributed by atoms with Crippen LogP contribution in [0.15, 0.2) is 24.3 Å². The molecule has 1 aromatic heterocycles. The maximum absolute atomic E-state index is 13.2. The number of carboxylic acids is 1. The van der Waals surface area contributed by atoms with Gasteiger partial charge in [0, 0.05) is 5.39 Å². The number of hydroxylamine groups is 2. The Balaban J connectivity index is 2.21. The van der Waals surface area contributed by atoms with Crippen LogP contribution in [-0.2, 0) is 9.63 Å². The number of carbonyl (C=O) groups is 2. The van der Waals surface area contributed by atoms with E-state index in [2.05, 4.69) is 0 Å². The fraction of sp³-hybridized carbons (Fsp3) is 0.231. The summed E-state index contributed by atoms with van der Waals surface area (Å²) in [7, 11) is 1.31. The molecule has 0 radical (unpaired) electrons. The first kappa shape index (κ1) is 12.6. The smallest absolute Gasteiger partial charge is 0.307 e. The molecule has 1 aliphatic heterocycles. The molecule has 6 nitrogen and oxygen atoms in total. The van der Waals surface area contributed by atoms with Gasteiger partial charge in [0.2, 0.25) is 0 Å². The monoisotopic (exact) mass is 278 g/mol. The van der Waals surface area contributed by atoms with Gasteiger partial charge in [-0.15, -0.1) is 0 Å². The summed E-state index contributed by atoms with van der Waals surface area (Å²) in [6, 6.07) is 5.64. The largest absolute Gasteiger partial charge is 0.481 e. The Morgan fingerprint density at radius 3 is 2.85 bits per heavy atom. The van der Waals surface area contributed by atoms with Crippen molar-refractivity contribution < 1.29 is 23.9 Å². The van der Waals surface area contributed by atoms with Crippen molar-refractivity contribution in [2.45, 2.75) is 12.6 Å². The first-order valence-corrected chi connectivity index (χ1v) is 5.93. The Morgan fingerprint density at radius 2 is 2.20 bits per heavy atom. The second-order valence-electron chi connectivity index (χ2n) is 4.49. The van der Waals surface area contributed by atoms with E-state index >= 15 is 0 Å². The summed E-state index contributed by atoms with van der Waals surface area (Å²) in [5.74, 6) is -1.90. The quantitative estimate of drug-likeness (QED) is 0.928. The number of amides is 1. The minimum Gasteiger partial charge on any atom is -0.481 e. The molecule has 1 aliphatic rings. The normalized spacial score (nSPS) is 17.8. The number of carboxylic acid groups (broad SMARTS) is 1. The molecule has 2 heterocycles. The molecule has 0 saturated carbocycles. The van der Waals surface area contributed by atoms with E-state index < -0.39 is 23.9 Å². The third-order valence-corrected chi connectivity index (χ3v) is 3.34. The lowest BCUT2D eigenvalue weighted by Crippen LogP contribution is -2.30. The number of hydrogen-bond donors (Lipinski definition) is 1. The summed E-state index contributed by atoms with van der Waals surface area (Å²) >= 11 is 0. The van der Waals surface area contributed by atoms with Crippen molar-refractivity contribution in [2.75, 3.05) is 7.11 Å². The predicted molar refractivity (Wildman–Crippen MR) is 66.4 cm³/mol. The number of nitrogens with zero attached hydrogens (tertiary/aromatic N) is 2. The molecule has 0 saturated heterocycles. The van der Waals surface area contributed by atoms with Gasteiger partial charge in [-0.2, -0.15) is 5.06 Å². The fourth-order valence-corrected chi connectivity index (χ4v) is 2.58. The highest BCUT2D eigenvalue weighted by molar-refractivity contribution is 6.00. The van der Waals surface area contributed by atoms with Gasteiger partial charge in [0.15, 0.2) is 0 Å². The predicted octanol–water partition coefficient (Wildman–Crippen LogP) is 1.77. The third kappa shape index (κ3) is 1.67. The lowest BCUT2D eigenvalue weighted by molar-refractivity contribution is -0.153. The van der Waals surface area contributed by atoms with Crippen LogP contribution in [0, 0.1) is 5.82 Å². The van der Waals surface area contributed by atoms with Crippen molar-refractivity contribution in [2.24, 2.45) is 0 Å². The van der Waals surface area contributed by atoms with Crippen molar-refractivity contribution in [1.82, 2.24) is 9.63 Å².